The molecule has 5 nitrogen and oxygen atoms in total. The summed E-state index contributed by atoms with van der Waals surface area (Å²) in [6.45, 7) is 3.10. The third kappa shape index (κ3) is 3.71. The molecular formula is C20H20N2O3. The van der Waals surface area contributed by atoms with Gasteiger partial charge in [0.05, 0.1) is 13.3 Å². The largest absolute Gasteiger partial charge is 0.497 e. The number of aromatic nitrogens is 1. The lowest BCUT2D eigenvalue weighted by Gasteiger charge is -2.20. The Kier molecular flexibility index (Phi) is 5.14. The SMILES string of the molecule is CCN(Cc1ccccc1)C(=O)c1cnoc1-c1ccc(OC)cc1. The van der Waals surface area contributed by atoms with Gasteiger partial charge in [0.15, 0.2) is 5.76 Å². The summed E-state index contributed by atoms with van der Waals surface area (Å²) in [6.07, 6.45) is 1.48. The van der Waals surface area contributed by atoms with E-state index in [0.717, 1.165) is 16.9 Å². The van der Waals surface area contributed by atoms with Crippen molar-refractivity contribution in [3.63, 3.8) is 0 Å². The third-order valence-corrected chi connectivity index (χ3v) is 4.04. The maximum atomic E-state index is 13.0. The van der Waals surface area contributed by atoms with E-state index in [1.165, 1.54) is 6.20 Å². The van der Waals surface area contributed by atoms with E-state index in [1.807, 2.05) is 61.5 Å². The van der Waals surface area contributed by atoms with E-state index in [0.29, 0.717) is 24.4 Å². The van der Waals surface area contributed by atoms with Crippen LogP contribution in [-0.4, -0.2) is 29.6 Å². The third-order valence-electron chi connectivity index (χ3n) is 4.04. The summed E-state index contributed by atoms with van der Waals surface area (Å²) in [5.74, 6) is 1.12. The first-order valence-electron chi connectivity index (χ1n) is 8.15. The Bertz CT molecular complexity index is 826. The number of carbonyl (C=O) groups excluding carboxylic acids is 1. The summed E-state index contributed by atoms with van der Waals surface area (Å²) in [7, 11) is 1.61. The number of benzene rings is 2. The standard InChI is InChI=1S/C20H20N2O3/c1-3-22(14-15-7-5-4-6-8-15)20(23)18-13-21-25-19(18)16-9-11-17(24-2)12-10-16/h4-13H,3,14H2,1-2H3. The smallest absolute Gasteiger partial charge is 0.259 e. The molecule has 0 aliphatic heterocycles. The van der Waals surface area contributed by atoms with Crippen LogP contribution in [0.1, 0.15) is 22.8 Å². The highest BCUT2D eigenvalue weighted by atomic mass is 16.5. The van der Waals surface area contributed by atoms with Crippen molar-refractivity contribution in [3.8, 4) is 17.1 Å². The van der Waals surface area contributed by atoms with Crippen LogP contribution in [0.2, 0.25) is 0 Å². The molecule has 5 heteroatoms. The molecule has 2 aromatic carbocycles. The van der Waals surface area contributed by atoms with Crippen LogP contribution >= 0.6 is 0 Å². The summed E-state index contributed by atoms with van der Waals surface area (Å²) < 4.78 is 10.5. The van der Waals surface area contributed by atoms with Gasteiger partial charge >= 0.3 is 0 Å². The fourth-order valence-corrected chi connectivity index (χ4v) is 2.64. The van der Waals surface area contributed by atoms with Gasteiger partial charge < -0.3 is 14.2 Å². The van der Waals surface area contributed by atoms with Crippen molar-refractivity contribution >= 4 is 5.91 Å². The summed E-state index contributed by atoms with van der Waals surface area (Å²) in [4.78, 5) is 14.7. The molecule has 0 bridgehead atoms. The molecule has 0 saturated carbocycles. The molecule has 0 saturated heterocycles. The predicted molar refractivity (Wildman–Crippen MR) is 95.3 cm³/mol. The van der Waals surface area contributed by atoms with Crippen molar-refractivity contribution in [2.24, 2.45) is 0 Å². The molecule has 0 unspecified atom stereocenters. The molecule has 0 N–H and O–H groups in total. The van der Waals surface area contributed by atoms with Gasteiger partial charge in [0.2, 0.25) is 0 Å². The van der Waals surface area contributed by atoms with Gasteiger partial charge in [-0.05, 0) is 36.8 Å². The van der Waals surface area contributed by atoms with Crippen molar-refractivity contribution in [1.29, 1.82) is 0 Å². The van der Waals surface area contributed by atoms with Crippen LogP contribution in [-0.2, 0) is 6.54 Å². The minimum atomic E-state index is -0.0987. The lowest BCUT2D eigenvalue weighted by molar-refractivity contribution is 0.0753. The molecule has 0 fully saturated rings. The van der Waals surface area contributed by atoms with Gasteiger partial charge in [-0.1, -0.05) is 35.5 Å². The maximum absolute atomic E-state index is 13.0. The zero-order chi connectivity index (χ0) is 17.6. The van der Waals surface area contributed by atoms with Crippen LogP contribution < -0.4 is 4.74 Å². The number of amides is 1. The van der Waals surface area contributed by atoms with Crippen LogP contribution in [0.5, 0.6) is 5.75 Å². The molecule has 25 heavy (non-hydrogen) atoms. The maximum Gasteiger partial charge on any atom is 0.259 e. The van der Waals surface area contributed by atoms with Gasteiger partial charge in [-0.25, -0.2) is 0 Å². The van der Waals surface area contributed by atoms with E-state index in [9.17, 15) is 4.79 Å². The molecule has 3 rings (SSSR count). The van der Waals surface area contributed by atoms with Crippen molar-refractivity contribution in [1.82, 2.24) is 10.1 Å². The van der Waals surface area contributed by atoms with Crippen molar-refractivity contribution in [2.45, 2.75) is 13.5 Å². The van der Waals surface area contributed by atoms with Crippen LogP contribution in [0.25, 0.3) is 11.3 Å². The number of hydrogen-bond donors (Lipinski definition) is 0. The number of nitrogens with zero attached hydrogens (tertiary/aromatic N) is 2. The van der Waals surface area contributed by atoms with Crippen molar-refractivity contribution < 1.29 is 14.1 Å². The lowest BCUT2D eigenvalue weighted by Crippen LogP contribution is -2.30. The van der Waals surface area contributed by atoms with Crippen LogP contribution in [0.4, 0.5) is 0 Å². The summed E-state index contributed by atoms with van der Waals surface area (Å²) in [5, 5.41) is 3.83. The number of carbonyl (C=O) groups is 1. The molecule has 0 radical (unpaired) electrons. The Labute approximate surface area is 146 Å². The minimum Gasteiger partial charge on any atom is -0.497 e. The van der Waals surface area contributed by atoms with Crippen molar-refractivity contribution in [2.75, 3.05) is 13.7 Å². The first-order chi connectivity index (χ1) is 12.2. The van der Waals surface area contributed by atoms with Gasteiger partial charge in [-0.2, -0.15) is 0 Å². The molecule has 0 atom stereocenters. The highest BCUT2D eigenvalue weighted by Crippen LogP contribution is 2.27. The van der Waals surface area contributed by atoms with Gasteiger partial charge in [0, 0.05) is 18.7 Å². The monoisotopic (exact) mass is 336 g/mol. The Morgan fingerprint density at radius 3 is 2.48 bits per heavy atom. The van der Waals surface area contributed by atoms with E-state index in [-0.39, 0.29) is 5.91 Å². The second-order valence-electron chi connectivity index (χ2n) is 5.60. The van der Waals surface area contributed by atoms with Crippen molar-refractivity contribution in [3.05, 3.63) is 71.9 Å². The van der Waals surface area contributed by atoms with Gasteiger partial charge in [0.25, 0.3) is 5.91 Å². The number of methoxy groups -OCH3 is 1. The highest BCUT2D eigenvalue weighted by molar-refractivity contribution is 5.99. The van der Waals surface area contributed by atoms with Gasteiger partial charge in [-0.3, -0.25) is 4.79 Å². The Balaban J connectivity index is 1.85. The number of rotatable bonds is 6. The second-order valence-corrected chi connectivity index (χ2v) is 5.60. The Morgan fingerprint density at radius 2 is 1.84 bits per heavy atom. The average molecular weight is 336 g/mol. The van der Waals surface area contributed by atoms with E-state index < -0.39 is 0 Å². The highest BCUT2D eigenvalue weighted by Gasteiger charge is 2.22. The summed E-state index contributed by atoms with van der Waals surface area (Å²) >= 11 is 0. The summed E-state index contributed by atoms with van der Waals surface area (Å²) in [6, 6.07) is 17.3. The molecule has 1 amide bonds. The van der Waals surface area contributed by atoms with E-state index in [1.54, 1.807) is 12.0 Å². The summed E-state index contributed by atoms with van der Waals surface area (Å²) in [5.41, 5.74) is 2.33. The molecule has 0 aliphatic carbocycles. The number of hydrogen-bond acceptors (Lipinski definition) is 4. The van der Waals surface area contributed by atoms with E-state index >= 15 is 0 Å². The molecule has 1 aromatic heterocycles. The predicted octanol–water partition coefficient (Wildman–Crippen LogP) is 4.01. The average Bonchev–Trinajstić information content (AvgIpc) is 3.16. The van der Waals surface area contributed by atoms with Gasteiger partial charge in [0.1, 0.15) is 11.3 Å². The fourth-order valence-electron chi connectivity index (χ4n) is 2.64. The zero-order valence-corrected chi connectivity index (χ0v) is 14.3. The Morgan fingerprint density at radius 1 is 1.12 bits per heavy atom. The Hall–Kier alpha value is -3.08. The molecule has 128 valence electrons. The number of ether oxygens (including phenoxy) is 1. The lowest BCUT2D eigenvalue weighted by atomic mass is 10.1. The molecule has 0 aliphatic rings. The van der Waals surface area contributed by atoms with E-state index in [2.05, 4.69) is 5.16 Å². The first-order valence-corrected chi connectivity index (χ1v) is 8.15. The molecule has 1 heterocycles. The topological polar surface area (TPSA) is 55.6 Å². The van der Waals surface area contributed by atoms with E-state index in [4.69, 9.17) is 9.26 Å². The van der Waals surface area contributed by atoms with Crippen LogP contribution in [0.3, 0.4) is 0 Å². The van der Waals surface area contributed by atoms with Crippen LogP contribution in [0, 0.1) is 0 Å². The van der Waals surface area contributed by atoms with Gasteiger partial charge in [-0.15, -0.1) is 0 Å². The fraction of sp³-hybridized carbons (Fsp3) is 0.200. The second kappa shape index (κ2) is 7.66. The molecule has 0 spiro atoms. The van der Waals surface area contributed by atoms with Crippen LogP contribution in [0.15, 0.2) is 65.3 Å². The first kappa shape index (κ1) is 16.8. The molecule has 3 aromatic rings. The zero-order valence-electron chi connectivity index (χ0n) is 14.3. The molecular weight excluding hydrogens is 316 g/mol. The normalized spacial score (nSPS) is 10.5. The quantitative estimate of drug-likeness (QED) is 0.682. The minimum absolute atomic E-state index is 0.0987.